The number of benzene rings is 1. The first kappa shape index (κ1) is 15.2. The van der Waals surface area contributed by atoms with Crippen molar-refractivity contribution >= 4 is 28.8 Å². The molecule has 0 aliphatic heterocycles. The molecule has 5 heteroatoms. The molecule has 0 amide bonds. The lowest BCUT2D eigenvalue weighted by Gasteiger charge is -2.32. The van der Waals surface area contributed by atoms with Gasteiger partial charge in [-0.3, -0.25) is 0 Å². The number of halogens is 1. The summed E-state index contributed by atoms with van der Waals surface area (Å²) in [6.45, 7) is 4.79. The maximum atomic E-state index is 6.08. The molecule has 0 aliphatic carbocycles. The Kier molecular flexibility index (Phi) is 4.96. The number of thiocarbonyl (C=S) groups is 1. The van der Waals surface area contributed by atoms with Gasteiger partial charge in [-0.1, -0.05) is 23.8 Å². The number of nitrogens with zero attached hydrogens (tertiary/aromatic N) is 1. The van der Waals surface area contributed by atoms with Gasteiger partial charge in [0.15, 0.2) is 0 Å². The van der Waals surface area contributed by atoms with Crippen LogP contribution in [0.1, 0.15) is 19.4 Å². The Morgan fingerprint density at radius 3 is 2.50 bits per heavy atom. The molecule has 0 saturated heterocycles. The molecule has 1 rings (SSSR count). The summed E-state index contributed by atoms with van der Waals surface area (Å²) >= 11 is 11.0. The average Bonchev–Trinajstić information content (AvgIpc) is 2.25. The van der Waals surface area contributed by atoms with Gasteiger partial charge < -0.3 is 15.4 Å². The largest absolute Gasteiger partial charge is 0.492 e. The van der Waals surface area contributed by atoms with E-state index < -0.39 is 0 Å². The summed E-state index contributed by atoms with van der Waals surface area (Å²) < 4.78 is 5.74. The second kappa shape index (κ2) is 5.87. The maximum absolute atomic E-state index is 6.08. The molecule has 0 heterocycles. The fraction of sp³-hybridized carbons (Fsp3) is 0.462. The van der Waals surface area contributed by atoms with Crippen molar-refractivity contribution in [3.05, 3.63) is 28.8 Å². The Morgan fingerprint density at radius 1 is 1.44 bits per heavy atom. The van der Waals surface area contributed by atoms with Gasteiger partial charge in [-0.05, 0) is 46.1 Å². The van der Waals surface area contributed by atoms with E-state index in [2.05, 4.69) is 18.7 Å². The molecule has 0 aliphatic rings. The van der Waals surface area contributed by atoms with Crippen molar-refractivity contribution < 1.29 is 4.74 Å². The highest BCUT2D eigenvalue weighted by Gasteiger charge is 2.21. The standard InChI is InChI=1S/C13H19ClN2OS/c1-13(2,16(3)4)8-17-9-5-6-10(12(15)18)11(14)7-9/h5-7H,8H2,1-4H3,(H2,15,18). The van der Waals surface area contributed by atoms with E-state index in [1.807, 2.05) is 20.2 Å². The van der Waals surface area contributed by atoms with E-state index in [9.17, 15) is 0 Å². The van der Waals surface area contributed by atoms with Crippen molar-refractivity contribution in [3.8, 4) is 5.75 Å². The molecule has 100 valence electrons. The molecule has 0 saturated carbocycles. The lowest BCUT2D eigenvalue weighted by atomic mass is 10.1. The number of nitrogens with two attached hydrogens (primary N) is 1. The summed E-state index contributed by atoms with van der Waals surface area (Å²) in [6, 6.07) is 5.34. The highest BCUT2D eigenvalue weighted by atomic mass is 35.5. The maximum Gasteiger partial charge on any atom is 0.120 e. The van der Waals surface area contributed by atoms with Crippen LogP contribution in [-0.2, 0) is 0 Å². The summed E-state index contributed by atoms with van der Waals surface area (Å²) in [5, 5.41) is 0.516. The van der Waals surface area contributed by atoms with Gasteiger partial charge in [-0.15, -0.1) is 0 Å². The molecule has 3 nitrogen and oxygen atoms in total. The summed E-state index contributed by atoms with van der Waals surface area (Å²) in [7, 11) is 4.04. The molecule has 18 heavy (non-hydrogen) atoms. The topological polar surface area (TPSA) is 38.5 Å². The minimum Gasteiger partial charge on any atom is -0.492 e. The fourth-order valence-electron chi connectivity index (χ4n) is 1.17. The fourth-order valence-corrected chi connectivity index (χ4v) is 1.68. The van der Waals surface area contributed by atoms with E-state index in [4.69, 9.17) is 34.3 Å². The van der Waals surface area contributed by atoms with E-state index in [1.54, 1.807) is 12.1 Å². The van der Waals surface area contributed by atoms with Crippen molar-refractivity contribution in [2.24, 2.45) is 5.73 Å². The molecule has 1 aromatic rings. The Morgan fingerprint density at radius 2 is 2.06 bits per heavy atom. The zero-order valence-electron chi connectivity index (χ0n) is 11.2. The first-order valence-electron chi connectivity index (χ1n) is 5.63. The second-order valence-corrected chi connectivity index (χ2v) is 5.85. The number of rotatable bonds is 5. The summed E-state index contributed by atoms with van der Waals surface area (Å²) in [5.74, 6) is 0.718. The van der Waals surface area contributed by atoms with Crippen molar-refractivity contribution in [2.75, 3.05) is 20.7 Å². The quantitative estimate of drug-likeness (QED) is 0.845. The number of hydrogen-bond acceptors (Lipinski definition) is 3. The molecule has 1 aromatic carbocycles. The van der Waals surface area contributed by atoms with Crippen molar-refractivity contribution in [1.29, 1.82) is 0 Å². The van der Waals surface area contributed by atoms with Gasteiger partial charge in [0.2, 0.25) is 0 Å². The van der Waals surface area contributed by atoms with Gasteiger partial charge in [0, 0.05) is 11.1 Å². The Labute approximate surface area is 119 Å². The normalized spacial score (nSPS) is 11.7. The van der Waals surface area contributed by atoms with Gasteiger partial charge >= 0.3 is 0 Å². The van der Waals surface area contributed by atoms with E-state index in [-0.39, 0.29) is 5.54 Å². The summed E-state index contributed by atoms with van der Waals surface area (Å²) in [5.41, 5.74) is 6.17. The van der Waals surface area contributed by atoms with Crippen LogP contribution in [0.4, 0.5) is 0 Å². The van der Waals surface area contributed by atoms with Gasteiger partial charge in [0.25, 0.3) is 0 Å². The van der Waals surface area contributed by atoms with Gasteiger partial charge in [-0.2, -0.15) is 0 Å². The van der Waals surface area contributed by atoms with Crippen molar-refractivity contribution in [1.82, 2.24) is 4.90 Å². The lowest BCUT2D eigenvalue weighted by molar-refractivity contribution is 0.114. The van der Waals surface area contributed by atoms with Crippen LogP contribution < -0.4 is 10.5 Å². The first-order chi connectivity index (χ1) is 8.24. The predicted molar refractivity (Wildman–Crippen MR) is 80.6 cm³/mol. The van der Waals surface area contributed by atoms with Crippen LogP contribution >= 0.6 is 23.8 Å². The smallest absolute Gasteiger partial charge is 0.120 e. The number of ether oxygens (including phenoxy) is 1. The highest BCUT2D eigenvalue weighted by Crippen LogP contribution is 2.23. The van der Waals surface area contributed by atoms with Crippen LogP contribution in [0.5, 0.6) is 5.75 Å². The molecule has 0 radical (unpaired) electrons. The third-order valence-electron chi connectivity index (χ3n) is 3.01. The zero-order valence-corrected chi connectivity index (χ0v) is 12.7. The zero-order chi connectivity index (χ0) is 13.9. The van der Waals surface area contributed by atoms with Gasteiger partial charge in [0.1, 0.15) is 17.3 Å². The average molecular weight is 287 g/mol. The second-order valence-electron chi connectivity index (χ2n) is 5.00. The molecule has 0 aromatic heterocycles. The molecule has 0 fully saturated rings. The lowest BCUT2D eigenvalue weighted by Crippen LogP contribution is -2.43. The van der Waals surface area contributed by atoms with E-state index in [0.717, 1.165) is 5.75 Å². The molecule has 2 N–H and O–H groups in total. The van der Waals surface area contributed by atoms with Crippen LogP contribution in [0.15, 0.2) is 18.2 Å². The van der Waals surface area contributed by atoms with Crippen LogP contribution in [0.3, 0.4) is 0 Å². The minimum absolute atomic E-state index is 0.0473. The Bertz CT molecular complexity index is 447. The van der Waals surface area contributed by atoms with Gasteiger partial charge in [-0.25, -0.2) is 0 Å². The summed E-state index contributed by atoms with van der Waals surface area (Å²) in [4.78, 5) is 2.40. The van der Waals surface area contributed by atoms with Crippen molar-refractivity contribution in [3.63, 3.8) is 0 Å². The molecule has 0 atom stereocenters. The number of likely N-dealkylation sites (N-methyl/N-ethyl adjacent to an activating group) is 1. The first-order valence-corrected chi connectivity index (χ1v) is 6.42. The molecule has 0 spiro atoms. The Hall–Kier alpha value is -0.840. The third kappa shape index (κ3) is 3.83. The monoisotopic (exact) mass is 286 g/mol. The summed E-state index contributed by atoms with van der Waals surface area (Å²) in [6.07, 6.45) is 0. The highest BCUT2D eigenvalue weighted by molar-refractivity contribution is 7.80. The van der Waals surface area contributed by atoms with E-state index in [1.165, 1.54) is 0 Å². The van der Waals surface area contributed by atoms with Crippen molar-refractivity contribution in [2.45, 2.75) is 19.4 Å². The van der Waals surface area contributed by atoms with E-state index >= 15 is 0 Å². The van der Waals surface area contributed by atoms with Crippen LogP contribution in [0.2, 0.25) is 5.02 Å². The Balaban J connectivity index is 2.76. The SMILES string of the molecule is CN(C)C(C)(C)COc1ccc(C(N)=S)c(Cl)c1. The van der Waals surface area contributed by atoms with Crippen LogP contribution in [-0.4, -0.2) is 36.1 Å². The van der Waals surface area contributed by atoms with Crippen LogP contribution in [0.25, 0.3) is 0 Å². The van der Waals surface area contributed by atoms with Gasteiger partial charge in [0.05, 0.1) is 5.02 Å². The number of hydrogen-bond donors (Lipinski definition) is 1. The minimum atomic E-state index is -0.0473. The van der Waals surface area contributed by atoms with E-state index in [0.29, 0.717) is 22.2 Å². The molecule has 0 bridgehead atoms. The van der Waals surface area contributed by atoms with Crippen LogP contribution in [0, 0.1) is 0 Å². The molecular weight excluding hydrogens is 268 g/mol. The molecular formula is C13H19ClN2OS. The third-order valence-corrected chi connectivity index (χ3v) is 3.54. The predicted octanol–water partition coefficient (Wildman–Crippen LogP) is 2.69. The molecule has 0 unspecified atom stereocenters.